The Balaban J connectivity index is 1.64. The number of nitrogens with one attached hydrogen (secondary N) is 2. The largest absolute Gasteiger partial charge is 0.487 e. The van der Waals surface area contributed by atoms with Crippen LogP contribution in [-0.2, 0) is 6.61 Å². The summed E-state index contributed by atoms with van der Waals surface area (Å²) in [5, 5.41) is 0. The molecular weight excluding hydrogens is 322 g/mol. The van der Waals surface area contributed by atoms with Crippen LogP contribution in [0.2, 0.25) is 0 Å². The minimum absolute atomic E-state index is 0.526. The van der Waals surface area contributed by atoms with Gasteiger partial charge in [-0.05, 0) is 42.3 Å². The molecule has 0 spiro atoms. The molecule has 3 aromatic rings. The van der Waals surface area contributed by atoms with E-state index in [2.05, 4.69) is 40.1 Å². The lowest BCUT2D eigenvalue weighted by Crippen LogP contribution is -1.95. The molecule has 1 aliphatic rings. The van der Waals surface area contributed by atoms with Crippen LogP contribution in [0.4, 0.5) is 0 Å². The van der Waals surface area contributed by atoms with Gasteiger partial charge in [-0.15, -0.1) is 0 Å². The Bertz CT molecular complexity index is 960. The first-order chi connectivity index (χ1) is 12.8. The summed E-state index contributed by atoms with van der Waals surface area (Å²) in [6, 6.07) is 16.2. The zero-order chi connectivity index (χ0) is 17.8. The van der Waals surface area contributed by atoms with Crippen LogP contribution in [0.5, 0.6) is 5.75 Å². The number of ether oxygens (including phenoxy) is 1. The molecule has 4 nitrogen and oxygen atoms in total. The Morgan fingerprint density at radius 2 is 1.92 bits per heavy atom. The van der Waals surface area contributed by atoms with Crippen molar-refractivity contribution in [1.29, 1.82) is 0 Å². The van der Waals surface area contributed by atoms with Gasteiger partial charge in [0, 0.05) is 18.0 Å². The quantitative estimate of drug-likeness (QED) is 0.623. The van der Waals surface area contributed by atoms with Crippen LogP contribution in [0.1, 0.15) is 24.6 Å². The van der Waals surface area contributed by atoms with Gasteiger partial charge >= 0.3 is 0 Å². The van der Waals surface area contributed by atoms with Crippen molar-refractivity contribution in [2.24, 2.45) is 4.99 Å². The molecule has 0 aliphatic carbocycles. The topological polar surface area (TPSA) is 53.2 Å². The van der Waals surface area contributed by atoms with E-state index in [0.29, 0.717) is 6.61 Å². The van der Waals surface area contributed by atoms with Crippen molar-refractivity contribution in [1.82, 2.24) is 9.97 Å². The molecule has 0 radical (unpaired) electrons. The zero-order valence-electron chi connectivity index (χ0n) is 14.7. The van der Waals surface area contributed by atoms with Crippen LogP contribution in [0.15, 0.2) is 77.6 Å². The van der Waals surface area contributed by atoms with E-state index in [1.165, 1.54) is 0 Å². The lowest BCUT2D eigenvalue weighted by atomic mass is 10.2. The van der Waals surface area contributed by atoms with Crippen molar-refractivity contribution < 1.29 is 4.74 Å². The third-order valence-corrected chi connectivity index (χ3v) is 4.31. The third-order valence-electron chi connectivity index (χ3n) is 4.31. The summed E-state index contributed by atoms with van der Waals surface area (Å²) in [5.41, 5.74) is 6.11. The van der Waals surface area contributed by atoms with Gasteiger partial charge in [0.2, 0.25) is 0 Å². The van der Waals surface area contributed by atoms with Crippen molar-refractivity contribution in [3.05, 3.63) is 83.8 Å². The molecule has 0 atom stereocenters. The maximum atomic E-state index is 6.10. The maximum absolute atomic E-state index is 6.10. The van der Waals surface area contributed by atoms with Gasteiger partial charge < -0.3 is 14.7 Å². The highest BCUT2D eigenvalue weighted by Crippen LogP contribution is 2.30. The predicted octanol–water partition coefficient (Wildman–Crippen LogP) is 5.35. The first-order valence-electron chi connectivity index (χ1n) is 8.82. The molecule has 130 valence electrons. The van der Waals surface area contributed by atoms with Crippen LogP contribution in [0.25, 0.3) is 17.5 Å². The van der Waals surface area contributed by atoms with Crippen molar-refractivity contribution >= 4 is 11.8 Å². The summed E-state index contributed by atoms with van der Waals surface area (Å²) in [4.78, 5) is 11.3. The average Bonchev–Trinajstić information content (AvgIpc) is 3.42. The number of nitrogens with zero attached hydrogens (tertiary/aromatic N) is 1. The first kappa shape index (κ1) is 16.2. The second-order valence-electron chi connectivity index (χ2n) is 6.18. The van der Waals surface area contributed by atoms with Gasteiger partial charge in [-0.25, -0.2) is 0 Å². The lowest BCUT2D eigenvalue weighted by Gasteiger charge is -2.05. The highest BCUT2D eigenvalue weighted by Gasteiger charge is 2.12. The minimum Gasteiger partial charge on any atom is -0.487 e. The van der Waals surface area contributed by atoms with Gasteiger partial charge in [-0.1, -0.05) is 37.3 Å². The first-order valence-corrected chi connectivity index (χ1v) is 8.82. The number of hydrogen-bond acceptors (Lipinski definition) is 2. The number of aromatic nitrogens is 2. The molecule has 0 bridgehead atoms. The number of rotatable bonds is 6. The SMILES string of the molecule is CCC1=N/C(=C/c2[nH]c(-c3ccc[nH]3)cc2OCc2ccccc2)C=C1. The summed E-state index contributed by atoms with van der Waals surface area (Å²) in [7, 11) is 0. The summed E-state index contributed by atoms with van der Waals surface area (Å²) in [6.07, 6.45) is 8.98. The molecule has 3 heterocycles. The van der Waals surface area contributed by atoms with Gasteiger partial charge in [0.25, 0.3) is 0 Å². The smallest absolute Gasteiger partial charge is 0.145 e. The Kier molecular flexibility index (Phi) is 4.56. The van der Waals surface area contributed by atoms with Gasteiger partial charge in [-0.3, -0.25) is 4.99 Å². The van der Waals surface area contributed by atoms with E-state index in [4.69, 9.17) is 4.74 Å². The van der Waals surface area contributed by atoms with Crippen LogP contribution < -0.4 is 4.74 Å². The van der Waals surface area contributed by atoms with Crippen molar-refractivity contribution in [2.45, 2.75) is 20.0 Å². The fraction of sp³-hybridized carbons (Fsp3) is 0.136. The number of hydrogen-bond donors (Lipinski definition) is 2. The molecular formula is C22H21N3O. The predicted molar refractivity (Wildman–Crippen MR) is 106 cm³/mol. The van der Waals surface area contributed by atoms with Crippen molar-refractivity contribution in [2.75, 3.05) is 0 Å². The standard InChI is InChI=1S/C22H21N3O/c1-2-17-10-11-18(24-17)13-21-22(26-15-16-7-4-3-5-8-16)14-20(25-21)19-9-6-12-23-19/h3-14,23,25H,2,15H2,1H3/b18-13+. The fourth-order valence-corrected chi connectivity index (χ4v) is 2.90. The zero-order valence-corrected chi connectivity index (χ0v) is 14.7. The average molecular weight is 343 g/mol. The van der Waals surface area contributed by atoms with Gasteiger partial charge in [-0.2, -0.15) is 0 Å². The molecule has 1 aliphatic heterocycles. The molecule has 0 amide bonds. The number of benzene rings is 1. The van der Waals surface area contributed by atoms with Gasteiger partial charge in [0.1, 0.15) is 12.4 Å². The van der Waals surface area contributed by atoms with E-state index < -0.39 is 0 Å². The maximum Gasteiger partial charge on any atom is 0.145 e. The molecule has 2 N–H and O–H groups in total. The third kappa shape index (κ3) is 3.54. The Labute approximate surface area is 153 Å². The normalized spacial score (nSPS) is 14.8. The summed E-state index contributed by atoms with van der Waals surface area (Å²) in [6.45, 7) is 2.64. The number of aromatic amines is 2. The van der Waals surface area contributed by atoms with Gasteiger partial charge in [0.05, 0.1) is 22.8 Å². The van der Waals surface area contributed by atoms with Crippen LogP contribution >= 0.6 is 0 Å². The minimum atomic E-state index is 0.526. The molecule has 2 aromatic heterocycles. The lowest BCUT2D eigenvalue weighted by molar-refractivity contribution is 0.306. The highest BCUT2D eigenvalue weighted by atomic mass is 16.5. The molecule has 0 fully saturated rings. The van der Waals surface area contributed by atoms with E-state index >= 15 is 0 Å². The summed E-state index contributed by atoms with van der Waals surface area (Å²) >= 11 is 0. The molecule has 4 heteroatoms. The second kappa shape index (κ2) is 7.31. The number of H-pyrrole nitrogens is 2. The summed E-state index contributed by atoms with van der Waals surface area (Å²) in [5.74, 6) is 0.819. The molecule has 4 rings (SSSR count). The second-order valence-corrected chi connectivity index (χ2v) is 6.18. The van der Waals surface area contributed by atoms with Gasteiger partial charge in [0.15, 0.2) is 0 Å². The van der Waals surface area contributed by atoms with E-state index in [-0.39, 0.29) is 0 Å². The molecule has 26 heavy (non-hydrogen) atoms. The summed E-state index contributed by atoms with van der Waals surface area (Å²) < 4.78 is 6.10. The van der Waals surface area contributed by atoms with E-state index in [9.17, 15) is 0 Å². The fourth-order valence-electron chi connectivity index (χ4n) is 2.90. The van der Waals surface area contributed by atoms with E-state index in [1.54, 1.807) is 0 Å². The van der Waals surface area contributed by atoms with Crippen LogP contribution in [0, 0.1) is 0 Å². The van der Waals surface area contributed by atoms with E-state index in [1.807, 2.05) is 54.7 Å². The van der Waals surface area contributed by atoms with Crippen molar-refractivity contribution in [3.8, 4) is 17.1 Å². The van der Waals surface area contributed by atoms with Crippen molar-refractivity contribution in [3.63, 3.8) is 0 Å². The molecule has 0 saturated heterocycles. The van der Waals surface area contributed by atoms with Crippen LogP contribution in [0.3, 0.4) is 0 Å². The van der Waals surface area contributed by atoms with E-state index in [0.717, 1.165) is 46.2 Å². The van der Waals surface area contributed by atoms with Crippen LogP contribution in [-0.4, -0.2) is 15.7 Å². The molecule has 0 unspecified atom stereocenters. The number of aliphatic imine (C=N–C) groups is 1. The molecule has 1 aromatic carbocycles. The monoisotopic (exact) mass is 343 g/mol. The molecule has 0 saturated carbocycles. The highest BCUT2D eigenvalue weighted by molar-refractivity contribution is 5.99. The Morgan fingerprint density at radius 3 is 2.65 bits per heavy atom. The Hall–Kier alpha value is -3.27. The Morgan fingerprint density at radius 1 is 1.04 bits per heavy atom. The number of allylic oxidation sites excluding steroid dienone is 2.